The van der Waals surface area contributed by atoms with Gasteiger partial charge >= 0.3 is 0 Å². The van der Waals surface area contributed by atoms with E-state index in [4.69, 9.17) is 0 Å². The fourth-order valence-electron chi connectivity index (χ4n) is 5.06. The van der Waals surface area contributed by atoms with E-state index in [1.54, 1.807) is 18.2 Å². The monoisotopic (exact) mass is 424 g/mol. The summed E-state index contributed by atoms with van der Waals surface area (Å²) in [5.74, 6) is 0.428. The van der Waals surface area contributed by atoms with E-state index in [0.29, 0.717) is 30.0 Å². The van der Waals surface area contributed by atoms with Crippen molar-refractivity contribution in [3.8, 4) is 0 Å². The first-order valence-corrected chi connectivity index (χ1v) is 11.2. The van der Waals surface area contributed by atoms with Gasteiger partial charge in [0.25, 0.3) is 10.0 Å². The molecule has 28 heavy (non-hydrogen) atoms. The molecule has 1 aromatic rings. The van der Waals surface area contributed by atoms with E-state index >= 15 is 0 Å². The van der Waals surface area contributed by atoms with Gasteiger partial charge in [-0.15, -0.1) is 16.8 Å². The predicted molar refractivity (Wildman–Crippen MR) is 108 cm³/mol. The lowest BCUT2D eigenvalue weighted by molar-refractivity contribution is -0.125. The van der Waals surface area contributed by atoms with E-state index in [-0.39, 0.29) is 35.3 Å². The van der Waals surface area contributed by atoms with Crippen LogP contribution < -0.4 is 10.6 Å². The fraction of sp³-hybridized carbons (Fsp3) is 0.579. The zero-order valence-corrected chi connectivity index (χ0v) is 17.1. The summed E-state index contributed by atoms with van der Waals surface area (Å²) in [4.78, 5) is 15.1. The van der Waals surface area contributed by atoms with Gasteiger partial charge in [0, 0.05) is 30.2 Å². The summed E-state index contributed by atoms with van der Waals surface area (Å²) in [6.07, 6.45) is 5.93. The topological polar surface area (TPSA) is 90.9 Å². The van der Waals surface area contributed by atoms with Crippen LogP contribution in [0.2, 0.25) is 0 Å². The first kappa shape index (κ1) is 19.7. The number of rotatable bonds is 2. The van der Waals surface area contributed by atoms with Crippen LogP contribution in [-0.2, 0) is 14.8 Å². The third kappa shape index (κ3) is 3.31. The van der Waals surface area contributed by atoms with E-state index in [0.717, 1.165) is 25.7 Å². The molecule has 2 N–H and O–H groups in total. The van der Waals surface area contributed by atoms with Crippen molar-refractivity contribution in [3.05, 3.63) is 29.8 Å². The molecule has 2 bridgehead atoms. The van der Waals surface area contributed by atoms with E-state index in [1.165, 1.54) is 12.8 Å². The highest BCUT2D eigenvalue weighted by atomic mass is 35.5. The van der Waals surface area contributed by atoms with E-state index in [2.05, 4.69) is 15.0 Å². The number of piperidine rings is 1. The van der Waals surface area contributed by atoms with Gasteiger partial charge in [-0.3, -0.25) is 4.79 Å². The number of hydrogen-bond donors (Lipinski definition) is 2. The van der Waals surface area contributed by atoms with Gasteiger partial charge in [0.15, 0.2) is 5.84 Å². The van der Waals surface area contributed by atoms with Crippen LogP contribution >= 0.6 is 12.4 Å². The van der Waals surface area contributed by atoms with Crippen LogP contribution in [-0.4, -0.2) is 55.8 Å². The predicted octanol–water partition coefficient (Wildman–Crippen LogP) is 1.42. The quantitative estimate of drug-likeness (QED) is 0.749. The Morgan fingerprint density at radius 3 is 2.61 bits per heavy atom. The van der Waals surface area contributed by atoms with Crippen molar-refractivity contribution in [2.24, 2.45) is 4.40 Å². The second-order valence-corrected chi connectivity index (χ2v) is 9.62. The molecule has 0 aliphatic carbocycles. The molecule has 0 spiro atoms. The highest BCUT2D eigenvalue weighted by Gasteiger charge is 2.41. The standard InChI is InChI=1S/C19H24N4O3S.ClH/c24-19(21-14-10-12-7-8-13(11-14)20-12)16-5-3-9-23(16)18-15-4-1-2-6-17(15)27(25,26)22-18;/h1-2,4,6,12-14,16,20H,3,5,7-11H2,(H,21,24);1H. The third-order valence-corrected chi connectivity index (χ3v) is 7.58. The molecule has 3 atom stereocenters. The van der Waals surface area contributed by atoms with Crippen molar-refractivity contribution < 1.29 is 13.2 Å². The lowest BCUT2D eigenvalue weighted by atomic mass is 9.99. The summed E-state index contributed by atoms with van der Waals surface area (Å²) in [5, 5.41) is 6.82. The second kappa shape index (κ2) is 7.31. The Morgan fingerprint density at radius 2 is 1.86 bits per heavy atom. The lowest BCUT2D eigenvalue weighted by Crippen LogP contribution is -2.53. The van der Waals surface area contributed by atoms with Crippen LogP contribution in [0.15, 0.2) is 33.6 Å². The third-order valence-electron chi connectivity index (χ3n) is 6.26. The summed E-state index contributed by atoms with van der Waals surface area (Å²) in [5.41, 5.74) is 0.608. The van der Waals surface area contributed by atoms with E-state index < -0.39 is 10.0 Å². The van der Waals surface area contributed by atoms with Gasteiger partial charge in [-0.1, -0.05) is 12.1 Å². The summed E-state index contributed by atoms with van der Waals surface area (Å²) >= 11 is 0. The summed E-state index contributed by atoms with van der Waals surface area (Å²) < 4.78 is 28.8. The average Bonchev–Trinajstić information content (AvgIpc) is 3.32. The number of amides is 1. The molecule has 0 aromatic heterocycles. The van der Waals surface area contributed by atoms with E-state index in [9.17, 15) is 13.2 Å². The molecule has 7 nitrogen and oxygen atoms in total. The molecule has 4 heterocycles. The normalized spacial score (nSPS) is 32.4. The SMILES string of the molecule is Cl.O=C(NC1CC2CCC(C1)N2)C1CCCN1C1=NS(=O)(=O)c2ccccc21. The van der Waals surface area contributed by atoms with Crippen LogP contribution in [0.3, 0.4) is 0 Å². The molecular weight excluding hydrogens is 400 g/mol. The van der Waals surface area contributed by atoms with Crippen molar-refractivity contribution in [2.45, 2.75) is 67.6 Å². The van der Waals surface area contributed by atoms with Gasteiger partial charge in [0.05, 0.1) is 0 Å². The molecule has 4 aliphatic heterocycles. The fourth-order valence-corrected chi connectivity index (χ4v) is 6.28. The molecule has 152 valence electrons. The maximum Gasteiger partial charge on any atom is 0.285 e. The number of sulfonamides is 1. The van der Waals surface area contributed by atoms with Gasteiger partial charge in [-0.2, -0.15) is 8.42 Å². The molecule has 5 rings (SSSR count). The number of halogens is 1. The number of hydrogen-bond acceptors (Lipinski definition) is 5. The number of benzene rings is 1. The van der Waals surface area contributed by atoms with Crippen LogP contribution in [0, 0.1) is 0 Å². The number of nitrogens with zero attached hydrogens (tertiary/aromatic N) is 2. The number of carbonyl (C=O) groups excluding carboxylic acids is 1. The van der Waals surface area contributed by atoms with Gasteiger partial charge in [0.1, 0.15) is 10.9 Å². The van der Waals surface area contributed by atoms with Gasteiger partial charge in [0.2, 0.25) is 5.91 Å². The van der Waals surface area contributed by atoms with Crippen LogP contribution in [0.1, 0.15) is 44.1 Å². The minimum atomic E-state index is -3.67. The summed E-state index contributed by atoms with van der Waals surface area (Å²) in [6, 6.07) is 7.76. The summed E-state index contributed by atoms with van der Waals surface area (Å²) in [7, 11) is -3.67. The maximum atomic E-state index is 13.0. The summed E-state index contributed by atoms with van der Waals surface area (Å²) in [6.45, 7) is 0.651. The molecule has 1 amide bonds. The number of fused-ring (bicyclic) bond motifs is 3. The highest BCUT2D eigenvalue weighted by Crippen LogP contribution is 2.32. The minimum Gasteiger partial charge on any atom is -0.351 e. The lowest BCUT2D eigenvalue weighted by Gasteiger charge is -2.32. The Bertz CT molecular complexity index is 908. The molecule has 4 aliphatic rings. The first-order valence-electron chi connectivity index (χ1n) is 9.79. The van der Waals surface area contributed by atoms with Crippen molar-refractivity contribution in [2.75, 3.05) is 6.54 Å². The molecule has 3 saturated heterocycles. The van der Waals surface area contributed by atoms with Crippen molar-refractivity contribution in [3.63, 3.8) is 0 Å². The van der Waals surface area contributed by atoms with Gasteiger partial charge in [-0.05, 0) is 50.7 Å². The second-order valence-electron chi connectivity index (χ2n) is 8.05. The van der Waals surface area contributed by atoms with Crippen molar-refractivity contribution >= 4 is 34.2 Å². The Hall–Kier alpha value is -1.64. The van der Waals surface area contributed by atoms with Crippen molar-refractivity contribution in [1.29, 1.82) is 0 Å². The maximum absolute atomic E-state index is 13.0. The molecule has 1 aromatic carbocycles. The number of nitrogens with one attached hydrogen (secondary N) is 2. The minimum absolute atomic E-state index is 0. The Morgan fingerprint density at radius 1 is 1.14 bits per heavy atom. The first-order chi connectivity index (χ1) is 13.0. The largest absolute Gasteiger partial charge is 0.351 e. The molecular formula is C19H25ClN4O3S. The molecule has 3 fully saturated rings. The zero-order valence-electron chi connectivity index (χ0n) is 15.5. The molecule has 3 unspecified atom stereocenters. The van der Waals surface area contributed by atoms with Crippen LogP contribution in [0.25, 0.3) is 0 Å². The zero-order chi connectivity index (χ0) is 18.6. The Balaban J connectivity index is 0.00000192. The highest BCUT2D eigenvalue weighted by molar-refractivity contribution is 7.90. The van der Waals surface area contributed by atoms with Gasteiger partial charge in [-0.25, -0.2) is 0 Å². The molecule has 9 heteroatoms. The Labute approximate surface area is 171 Å². The number of carbonyl (C=O) groups is 1. The average molecular weight is 425 g/mol. The van der Waals surface area contributed by atoms with Gasteiger partial charge < -0.3 is 15.5 Å². The molecule has 0 radical (unpaired) electrons. The van der Waals surface area contributed by atoms with Crippen LogP contribution in [0.4, 0.5) is 0 Å². The van der Waals surface area contributed by atoms with E-state index in [1.807, 2.05) is 11.0 Å². The number of likely N-dealkylation sites (tertiary alicyclic amines) is 1. The van der Waals surface area contributed by atoms with Crippen molar-refractivity contribution in [1.82, 2.24) is 15.5 Å². The van der Waals surface area contributed by atoms with Crippen LogP contribution in [0.5, 0.6) is 0 Å². The number of amidine groups is 1. The molecule has 0 saturated carbocycles. The smallest absolute Gasteiger partial charge is 0.285 e. The Kier molecular flexibility index (Phi) is 5.14.